The summed E-state index contributed by atoms with van der Waals surface area (Å²) >= 11 is 0. The topological polar surface area (TPSA) is 46.0 Å². The van der Waals surface area contributed by atoms with Crippen LogP contribution in [0.25, 0.3) is 5.69 Å². The Kier molecular flexibility index (Phi) is 5.11. The number of nitrogens with zero attached hydrogens (tertiary/aromatic N) is 4. The average Bonchev–Trinajstić information content (AvgIpc) is 2.91. The highest BCUT2D eigenvalue weighted by atomic mass is 35.5. The number of benzene rings is 1. The number of piperazine rings is 1. The molecule has 0 radical (unpaired) electrons. The van der Waals surface area contributed by atoms with Gasteiger partial charge >= 0.3 is 0 Å². The summed E-state index contributed by atoms with van der Waals surface area (Å²) in [5.41, 5.74) is 2.03. The van der Waals surface area contributed by atoms with Gasteiger partial charge in [0.2, 0.25) is 0 Å². The van der Waals surface area contributed by atoms with Gasteiger partial charge in [-0.05, 0) is 19.1 Å². The second-order valence-corrected chi connectivity index (χ2v) is 4.98. The largest absolute Gasteiger partial charge is 0.314 e. The zero-order chi connectivity index (χ0) is 13.1. The van der Waals surface area contributed by atoms with Crippen LogP contribution in [0.5, 0.6) is 0 Å². The Morgan fingerprint density at radius 2 is 2.10 bits per heavy atom. The van der Waals surface area contributed by atoms with Gasteiger partial charge in [-0.2, -0.15) is 15.0 Å². The van der Waals surface area contributed by atoms with Gasteiger partial charge in [-0.1, -0.05) is 18.2 Å². The highest BCUT2D eigenvalue weighted by Gasteiger charge is 2.18. The number of halogens is 1. The molecule has 1 aromatic carbocycles. The normalized spacial score (nSPS) is 19.6. The van der Waals surface area contributed by atoms with Crippen molar-refractivity contribution in [3.05, 3.63) is 42.2 Å². The fourth-order valence-electron chi connectivity index (χ4n) is 2.38. The number of nitrogens with one attached hydrogen (secondary N) is 1. The predicted octanol–water partition coefficient (Wildman–Crippen LogP) is 1.48. The van der Waals surface area contributed by atoms with Gasteiger partial charge in [0.05, 0.1) is 17.6 Å². The van der Waals surface area contributed by atoms with Crippen LogP contribution in [0, 0.1) is 0 Å². The first-order chi connectivity index (χ1) is 9.33. The Morgan fingerprint density at radius 3 is 2.85 bits per heavy atom. The molecule has 1 atom stereocenters. The lowest BCUT2D eigenvalue weighted by Crippen LogP contribution is -2.49. The zero-order valence-electron chi connectivity index (χ0n) is 11.6. The summed E-state index contributed by atoms with van der Waals surface area (Å²) in [4.78, 5) is 4.14. The molecule has 1 saturated heterocycles. The molecule has 3 rings (SSSR count). The molecule has 2 aromatic rings. The Balaban J connectivity index is 0.00000147. The van der Waals surface area contributed by atoms with Gasteiger partial charge in [0.1, 0.15) is 0 Å². The molecule has 108 valence electrons. The smallest absolute Gasteiger partial charge is 0.0971 e. The van der Waals surface area contributed by atoms with Crippen LogP contribution in [0.1, 0.15) is 12.6 Å². The summed E-state index contributed by atoms with van der Waals surface area (Å²) in [5, 5.41) is 12.3. The molecule has 0 saturated carbocycles. The maximum absolute atomic E-state index is 4.55. The summed E-state index contributed by atoms with van der Waals surface area (Å²) in [6, 6.07) is 10.6. The predicted molar refractivity (Wildman–Crippen MR) is 81.3 cm³/mol. The molecule has 0 unspecified atom stereocenters. The summed E-state index contributed by atoms with van der Waals surface area (Å²) in [6.45, 7) is 6.28. The quantitative estimate of drug-likeness (QED) is 0.931. The van der Waals surface area contributed by atoms with Crippen LogP contribution < -0.4 is 5.32 Å². The van der Waals surface area contributed by atoms with E-state index in [1.54, 1.807) is 4.80 Å². The fraction of sp³-hybridized carbons (Fsp3) is 0.429. The van der Waals surface area contributed by atoms with Crippen LogP contribution in [0.3, 0.4) is 0 Å². The molecule has 1 aromatic heterocycles. The Morgan fingerprint density at radius 1 is 1.30 bits per heavy atom. The van der Waals surface area contributed by atoms with Crippen LogP contribution in [-0.2, 0) is 6.54 Å². The maximum Gasteiger partial charge on any atom is 0.0971 e. The van der Waals surface area contributed by atoms with E-state index in [-0.39, 0.29) is 12.4 Å². The molecule has 2 heterocycles. The highest BCUT2D eigenvalue weighted by molar-refractivity contribution is 5.85. The molecular formula is C14H20ClN5. The van der Waals surface area contributed by atoms with E-state index in [1.165, 1.54) is 0 Å². The van der Waals surface area contributed by atoms with Crippen molar-refractivity contribution in [1.82, 2.24) is 25.2 Å². The van der Waals surface area contributed by atoms with Crippen molar-refractivity contribution in [2.45, 2.75) is 19.5 Å². The Hall–Kier alpha value is -1.43. The molecule has 1 N–H and O–H groups in total. The van der Waals surface area contributed by atoms with E-state index in [0.717, 1.165) is 37.6 Å². The lowest BCUT2D eigenvalue weighted by atomic mass is 10.2. The standard InChI is InChI=1S/C14H19N5.ClH/c1-12-9-15-7-8-18(12)11-13-10-16-19(17-13)14-5-3-2-4-6-14;/h2-6,10,12,15H,7-9,11H2,1H3;1H/t12-;/m0./s1. The highest BCUT2D eigenvalue weighted by Crippen LogP contribution is 2.09. The number of aromatic nitrogens is 3. The summed E-state index contributed by atoms with van der Waals surface area (Å²) in [6.07, 6.45) is 1.86. The van der Waals surface area contributed by atoms with Crippen LogP contribution in [0.15, 0.2) is 36.5 Å². The van der Waals surface area contributed by atoms with Crippen molar-refractivity contribution in [2.24, 2.45) is 0 Å². The monoisotopic (exact) mass is 293 g/mol. The van der Waals surface area contributed by atoms with Crippen molar-refractivity contribution in [1.29, 1.82) is 0 Å². The third kappa shape index (κ3) is 3.36. The van der Waals surface area contributed by atoms with Crippen LogP contribution >= 0.6 is 12.4 Å². The summed E-state index contributed by atoms with van der Waals surface area (Å²) in [7, 11) is 0. The van der Waals surface area contributed by atoms with Gasteiger partial charge in [0.15, 0.2) is 0 Å². The lowest BCUT2D eigenvalue weighted by Gasteiger charge is -2.33. The minimum absolute atomic E-state index is 0. The maximum atomic E-state index is 4.55. The minimum Gasteiger partial charge on any atom is -0.314 e. The van der Waals surface area contributed by atoms with Crippen molar-refractivity contribution in [2.75, 3.05) is 19.6 Å². The molecule has 0 bridgehead atoms. The third-order valence-electron chi connectivity index (χ3n) is 3.53. The van der Waals surface area contributed by atoms with Crippen molar-refractivity contribution in [3.8, 4) is 5.69 Å². The SMILES string of the molecule is C[C@H]1CNCCN1Cc1cnn(-c2ccccc2)n1.Cl. The molecule has 5 nitrogen and oxygen atoms in total. The first kappa shape index (κ1) is 15.0. The first-order valence-electron chi connectivity index (χ1n) is 6.74. The molecule has 20 heavy (non-hydrogen) atoms. The number of rotatable bonds is 3. The average molecular weight is 294 g/mol. The van der Waals surface area contributed by atoms with E-state index in [0.29, 0.717) is 6.04 Å². The molecule has 6 heteroatoms. The van der Waals surface area contributed by atoms with Gasteiger partial charge in [0.25, 0.3) is 0 Å². The zero-order valence-corrected chi connectivity index (χ0v) is 12.4. The van der Waals surface area contributed by atoms with Crippen molar-refractivity contribution in [3.63, 3.8) is 0 Å². The summed E-state index contributed by atoms with van der Waals surface area (Å²) in [5.74, 6) is 0. The van der Waals surface area contributed by atoms with E-state index in [9.17, 15) is 0 Å². The molecule has 0 amide bonds. The molecule has 1 fully saturated rings. The first-order valence-corrected chi connectivity index (χ1v) is 6.74. The van der Waals surface area contributed by atoms with Gasteiger partial charge in [0, 0.05) is 32.2 Å². The van der Waals surface area contributed by atoms with Gasteiger partial charge in [-0.25, -0.2) is 0 Å². The minimum atomic E-state index is 0. The number of para-hydroxylation sites is 1. The fourth-order valence-corrected chi connectivity index (χ4v) is 2.38. The van der Waals surface area contributed by atoms with E-state index in [1.807, 2.05) is 36.5 Å². The second kappa shape index (κ2) is 6.83. The second-order valence-electron chi connectivity index (χ2n) is 4.98. The van der Waals surface area contributed by atoms with Gasteiger partial charge < -0.3 is 5.32 Å². The molecular weight excluding hydrogens is 274 g/mol. The van der Waals surface area contributed by atoms with Crippen LogP contribution in [-0.4, -0.2) is 45.6 Å². The van der Waals surface area contributed by atoms with Crippen molar-refractivity contribution >= 4 is 12.4 Å². The van der Waals surface area contributed by atoms with Crippen LogP contribution in [0.2, 0.25) is 0 Å². The lowest BCUT2D eigenvalue weighted by molar-refractivity contribution is 0.163. The summed E-state index contributed by atoms with van der Waals surface area (Å²) < 4.78 is 0. The third-order valence-corrected chi connectivity index (χ3v) is 3.53. The Bertz CT molecular complexity index is 527. The van der Waals surface area contributed by atoms with E-state index in [2.05, 4.69) is 27.3 Å². The molecule has 1 aliphatic heterocycles. The van der Waals surface area contributed by atoms with Gasteiger partial charge in [-0.3, -0.25) is 4.90 Å². The number of hydrogen-bond donors (Lipinski definition) is 1. The van der Waals surface area contributed by atoms with Crippen molar-refractivity contribution < 1.29 is 0 Å². The van der Waals surface area contributed by atoms with Gasteiger partial charge in [-0.15, -0.1) is 12.4 Å². The van der Waals surface area contributed by atoms with Crippen LogP contribution in [0.4, 0.5) is 0 Å². The van der Waals surface area contributed by atoms with E-state index in [4.69, 9.17) is 0 Å². The molecule has 0 aliphatic carbocycles. The molecule has 0 spiro atoms. The van der Waals surface area contributed by atoms with E-state index < -0.39 is 0 Å². The Labute approximate surface area is 125 Å². The molecule has 1 aliphatic rings. The van der Waals surface area contributed by atoms with E-state index >= 15 is 0 Å². The number of hydrogen-bond acceptors (Lipinski definition) is 4.